The van der Waals surface area contributed by atoms with E-state index in [1.54, 1.807) is 12.1 Å². The Bertz CT molecular complexity index is 464. The van der Waals surface area contributed by atoms with Gasteiger partial charge in [0.15, 0.2) is 6.61 Å². The number of benzene rings is 1. The number of nitrogens with zero attached hydrogens (tertiary/aromatic N) is 1. The third kappa shape index (κ3) is 4.43. The van der Waals surface area contributed by atoms with Crippen molar-refractivity contribution >= 4 is 35.1 Å². The lowest BCUT2D eigenvalue weighted by atomic mass is 10.3. The summed E-state index contributed by atoms with van der Waals surface area (Å²) in [6, 6.07) is 4.59. The smallest absolute Gasteiger partial charge is 0.323 e. The van der Waals surface area contributed by atoms with Crippen LogP contribution in [0.25, 0.3) is 0 Å². The van der Waals surface area contributed by atoms with Crippen LogP contribution in [-0.4, -0.2) is 42.1 Å². The normalized spacial score (nSPS) is 9.94. The summed E-state index contributed by atoms with van der Waals surface area (Å²) < 4.78 is 5.18. The van der Waals surface area contributed by atoms with E-state index >= 15 is 0 Å². The van der Waals surface area contributed by atoms with Crippen molar-refractivity contribution in [3.8, 4) is 5.75 Å². The average Bonchev–Trinajstić information content (AvgIpc) is 2.29. The number of carboxylic acid groups (broad SMARTS) is 1. The second-order valence-corrected chi connectivity index (χ2v) is 4.32. The van der Waals surface area contributed by atoms with Crippen LogP contribution in [0.4, 0.5) is 0 Å². The van der Waals surface area contributed by atoms with Gasteiger partial charge < -0.3 is 14.7 Å². The Morgan fingerprint density at radius 3 is 2.56 bits per heavy atom. The van der Waals surface area contributed by atoms with Crippen molar-refractivity contribution in [2.75, 3.05) is 20.2 Å². The number of carbonyl (C=O) groups is 2. The second kappa shape index (κ2) is 6.47. The molecule has 0 bridgehead atoms. The summed E-state index contributed by atoms with van der Waals surface area (Å²) in [4.78, 5) is 22.9. The summed E-state index contributed by atoms with van der Waals surface area (Å²) in [7, 11) is 1.38. The SMILES string of the molecule is CN(CC(=O)O)C(=O)COc1ccc(Cl)c(Cl)c1. The number of halogens is 2. The number of aliphatic carboxylic acids is 1. The molecule has 0 aliphatic heterocycles. The molecule has 5 nitrogen and oxygen atoms in total. The highest BCUT2D eigenvalue weighted by Gasteiger charge is 2.12. The molecule has 1 rings (SSSR count). The monoisotopic (exact) mass is 291 g/mol. The quantitative estimate of drug-likeness (QED) is 0.900. The molecule has 0 atom stereocenters. The van der Waals surface area contributed by atoms with Crippen LogP contribution in [0.1, 0.15) is 0 Å². The topological polar surface area (TPSA) is 66.8 Å². The lowest BCUT2D eigenvalue weighted by molar-refractivity contribution is -0.144. The van der Waals surface area contributed by atoms with E-state index < -0.39 is 11.9 Å². The van der Waals surface area contributed by atoms with Gasteiger partial charge in [0.1, 0.15) is 12.3 Å². The number of rotatable bonds is 5. The minimum absolute atomic E-state index is 0.262. The highest BCUT2D eigenvalue weighted by molar-refractivity contribution is 6.42. The molecule has 1 amide bonds. The van der Waals surface area contributed by atoms with Gasteiger partial charge in [0.05, 0.1) is 10.0 Å². The zero-order valence-corrected chi connectivity index (χ0v) is 11.0. The van der Waals surface area contributed by atoms with Crippen molar-refractivity contribution in [1.29, 1.82) is 0 Å². The lowest BCUT2D eigenvalue weighted by Gasteiger charge is -2.15. The first kappa shape index (κ1) is 14.6. The van der Waals surface area contributed by atoms with E-state index in [9.17, 15) is 9.59 Å². The van der Waals surface area contributed by atoms with Crippen molar-refractivity contribution in [3.63, 3.8) is 0 Å². The van der Waals surface area contributed by atoms with Gasteiger partial charge >= 0.3 is 5.97 Å². The van der Waals surface area contributed by atoms with Crippen LogP contribution in [-0.2, 0) is 9.59 Å². The van der Waals surface area contributed by atoms with Crippen LogP contribution < -0.4 is 4.74 Å². The molecular formula is C11H11Cl2NO4. The molecule has 0 spiro atoms. The predicted molar refractivity (Wildman–Crippen MR) is 67.2 cm³/mol. The highest BCUT2D eigenvalue weighted by Crippen LogP contribution is 2.26. The third-order valence-electron chi connectivity index (χ3n) is 2.05. The highest BCUT2D eigenvalue weighted by atomic mass is 35.5. The minimum Gasteiger partial charge on any atom is -0.484 e. The Labute approximate surface area is 114 Å². The fourth-order valence-corrected chi connectivity index (χ4v) is 1.40. The number of hydrogen-bond acceptors (Lipinski definition) is 3. The molecule has 0 heterocycles. The Balaban J connectivity index is 2.52. The van der Waals surface area contributed by atoms with Crippen LogP contribution in [0.15, 0.2) is 18.2 Å². The fraction of sp³-hybridized carbons (Fsp3) is 0.273. The molecule has 7 heteroatoms. The van der Waals surface area contributed by atoms with Crippen LogP contribution in [0.5, 0.6) is 5.75 Å². The number of amides is 1. The van der Waals surface area contributed by atoms with E-state index in [1.165, 1.54) is 13.1 Å². The van der Waals surface area contributed by atoms with Gasteiger partial charge in [-0.15, -0.1) is 0 Å². The summed E-state index contributed by atoms with van der Waals surface area (Å²) in [5.41, 5.74) is 0. The van der Waals surface area contributed by atoms with E-state index in [1.807, 2.05) is 0 Å². The van der Waals surface area contributed by atoms with Crippen LogP contribution in [0.2, 0.25) is 10.0 Å². The maximum atomic E-state index is 11.5. The van der Waals surface area contributed by atoms with Crippen molar-refractivity contribution in [1.82, 2.24) is 4.90 Å². The van der Waals surface area contributed by atoms with Crippen LogP contribution in [0, 0.1) is 0 Å². The Kier molecular flexibility index (Phi) is 5.25. The summed E-state index contributed by atoms with van der Waals surface area (Å²) in [6.07, 6.45) is 0. The van der Waals surface area contributed by atoms with E-state index in [0.29, 0.717) is 15.8 Å². The Hall–Kier alpha value is -1.46. The molecule has 0 saturated carbocycles. The van der Waals surface area contributed by atoms with Crippen molar-refractivity contribution < 1.29 is 19.4 Å². The molecule has 0 aliphatic rings. The first-order valence-electron chi connectivity index (χ1n) is 4.93. The fourth-order valence-electron chi connectivity index (χ4n) is 1.11. The van der Waals surface area contributed by atoms with E-state index in [-0.39, 0.29) is 13.2 Å². The molecule has 1 N–H and O–H groups in total. The van der Waals surface area contributed by atoms with Gasteiger partial charge in [-0.25, -0.2) is 0 Å². The van der Waals surface area contributed by atoms with Gasteiger partial charge in [-0.2, -0.15) is 0 Å². The summed E-state index contributed by atoms with van der Waals surface area (Å²) in [6.45, 7) is -0.634. The zero-order chi connectivity index (χ0) is 13.7. The predicted octanol–water partition coefficient (Wildman–Crippen LogP) is 1.92. The van der Waals surface area contributed by atoms with Crippen molar-refractivity contribution in [3.05, 3.63) is 28.2 Å². The molecular weight excluding hydrogens is 281 g/mol. The number of hydrogen-bond donors (Lipinski definition) is 1. The number of ether oxygens (including phenoxy) is 1. The number of carboxylic acids is 1. The molecule has 0 unspecified atom stereocenters. The molecule has 0 radical (unpaired) electrons. The van der Waals surface area contributed by atoms with Gasteiger partial charge in [-0.1, -0.05) is 23.2 Å². The number of carbonyl (C=O) groups excluding carboxylic acids is 1. The molecule has 0 fully saturated rings. The lowest BCUT2D eigenvalue weighted by Crippen LogP contribution is -2.35. The maximum Gasteiger partial charge on any atom is 0.323 e. The first-order valence-corrected chi connectivity index (χ1v) is 5.69. The largest absolute Gasteiger partial charge is 0.484 e. The number of likely N-dealkylation sites (N-methyl/N-ethyl adjacent to an activating group) is 1. The minimum atomic E-state index is -1.08. The molecule has 0 aliphatic carbocycles. The van der Waals surface area contributed by atoms with Gasteiger partial charge in [0.25, 0.3) is 5.91 Å². The van der Waals surface area contributed by atoms with Gasteiger partial charge in [-0.05, 0) is 12.1 Å². The van der Waals surface area contributed by atoms with E-state index in [4.69, 9.17) is 33.0 Å². The summed E-state index contributed by atoms with van der Waals surface area (Å²) in [5.74, 6) is -1.13. The van der Waals surface area contributed by atoms with Crippen LogP contribution in [0.3, 0.4) is 0 Å². The van der Waals surface area contributed by atoms with E-state index in [2.05, 4.69) is 0 Å². The van der Waals surface area contributed by atoms with Crippen molar-refractivity contribution in [2.24, 2.45) is 0 Å². The molecule has 0 aromatic heterocycles. The third-order valence-corrected chi connectivity index (χ3v) is 2.79. The van der Waals surface area contributed by atoms with Gasteiger partial charge in [-0.3, -0.25) is 9.59 Å². The molecule has 18 heavy (non-hydrogen) atoms. The van der Waals surface area contributed by atoms with Crippen LogP contribution >= 0.6 is 23.2 Å². The Morgan fingerprint density at radius 2 is 2.00 bits per heavy atom. The summed E-state index contributed by atoms with van der Waals surface area (Å²) >= 11 is 11.5. The first-order chi connectivity index (χ1) is 8.40. The average molecular weight is 292 g/mol. The second-order valence-electron chi connectivity index (χ2n) is 3.51. The summed E-state index contributed by atoms with van der Waals surface area (Å²) in [5, 5.41) is 9.23. The van der Waals surface area contributed by atoms with Gasteiger partial charge in [0.2, 0.25) is 0 Å². The molecule has 98 valence electrons. The molecule has 1 aromatic rings. The standard InChI is InChI=1S/C11H11Cl2NO4/c1-14(5-11(16)17)10(15)6-18-7-2-3-8(12)9(13)4-7/h2-4H,5-6H2,1H3,(H,16,17). The Morgan fingerprint density at radius 1 is 1.33 bits per heavy atom. The molecule has 0 saturated heterocycles. The van der Waals surface area contributed by atoms with E-state index in [0.717, 1.165) is 4.90 Å². The molecule has 1 aromatic carbocycles. The maximum absolute atomic E-state index is 11.5. The van der Waals surface area contributed by atoms with Crippen molar-refractivity contribution in [2.45, 2.75) is 0 Å². The van der Waals surface area contributed by atoms with Gasteiger partial charge in [0, 0.05) is 13.1 Å². The zero-order valence-electron chi connectivity index (χ0n) is 9.52.